The summed E-state index contributed by atoms with van der Waals surface area (Å²) in [6.45, 7) is 6.93. The first kappa shape index (κ1) is 25.8. The first-order valence-electron chi connectivity index (χ1n) is 9.15. The van der Waals surface area contributed by atoms with Gasteiger partial charge in [-0.15, -0.1) is 0 Å². The standard InChI is InChI=1S/C21H21BrF3NO3S2/c1-5-29-19(27)15-8-6-7-9-17(15)30-18-13(12-26-31(28)20(2,3)4)10-14(22)11-16(18)21(23,24)25/h6-12H,5H2,1-4H3/b26-12-. The summed E-state index contributed by atoms with van der Waals surface area (Å²) in [6.07, 6.45) is -3.48. The summed E-state index contributed by atoms with van der Waals surface area (Å²) in [5.74, 6) is -0.625. The number of benzene rings is 2. The van der Waals surface area contributed by atoms with E-state index in [9.17, 15) is 22.5 Å². The summed E-state index contributed by atoms with van der Waals surface area (Å²) >= 11 is 2.24. The molecule has 0 heterocycles. The van der Waals surface area contributed by atoms with Crippen molar-refractivity contribution in [3.8, 4) is 0 Å². The van der Waals surface area contributed by atoms with E-state index in [1.54, 1.807) is 45.9 Å². The molecule has 1 unspecified atom stereocenters. The summed E-state index contributed by atoms with van der Waals surface area (Å²) in [6, 6.07) is 8.71. The molecular weight excluding hydrogens is 515 g/mol. The minimum absolute atomic E-state index is 0.128. The summed E-state index contributed by atoms with van der Waals surface area (Å²) in [7, 11) is 0. The summed E-state index contributed by atoms with van der Waals surface area (Å²) in [5, 5.41) is 0. The molecule has 4 nitrogen and oxygen atoms in total. The van der Waals surface area contributed by atoms with Gasteiger partial charge in [0, 0.05) is 19.8 Å². The Hall–Kier alpha value is -1.49. The Kier molecular flexibility index (Phi) is 8.66. The molecule has 2 rings (SSSR count). The molecule has 2 aromatic carbocycles. The van der Waals surface area contributed by atoms with Gasteiger partial charge in [0.1, 0.15) is 16.1 Å². The first-order chi connectivity index (χ1) is 14.3. The fraction of sp³-hybridized carbons (Fsp3) is 0.333. The zero-order valence-electron chi connectivity index (χ0n) is 17.2. The molecule has 0 bridgehead atoms. The molecule has 0 spiro atoms. The highest BCUT2D eigenvalue weighted by Crippen LogP contribution is 2.43. The predicted octanol–water partition coefficient (Wildman–Crippen LogP) is 6.68. The van der Waals surface area contributed by atoms with Crippen LogP contribution in [0.3, 0.4) is 0 Å². The molecule has 168 valence electrons. The van der Waals surface area contributed by atoms with Crippen LogP contribution in [0.15, 0.2) is 55.1 Å². The van der Waals surface area contributed by atoms with Gasteiger partial charge < -0.3 is 9.29 Å². The van der Waals surface area contributed by atoms with Crippen molar-refractivity contribution >= 4 is 51.2 Å². The molecule has 0 saturated heterocycles. The highest BCUT2D eigenvalue weighted by molar-refractivity contribution is 9.10. The molecule has 0 amide bonds. The van der Waals surface area contributed by atoms with Crippen molar-refractivity contribution in [1.29, 1.82) is 0 Å². The lowest BCUT2D eigenvalue weighted by Crippen LogP contribution is -2.25. The molecule has 0 N–H and O–H groups in total. The normalized spacial score (nSPS) is 13.5. The second-order valence-electron chi connectivity index (χ2n) is 7.28. The topological polar surface area (TPSA) is 61.7 Å². The Morgan fingerprint density at radius 3 is 2.48 bits per heavy atom. The molecule has 0 aromatic heterocycles. The summed E-state index contributed by atoms with van der Waals surface area (Å²) < 4.78 is 62.4. The number of esters is 1. The fourth-order valence-corrected chi connectivity index (χ4v) is 4.48. The maximum Gasteiger partial charge on any atom is 0.417 e. The third-order valence-electron chi connectivity index (χ3n) is 3.79. The monoisotopic (exact) mass is 535 g/mol. The van der Waals surface area contributed by atoms with Crippen LogP contribution in [-0.4, -0.2) is 28.1 Å². The molecular formula is C21H21BrF3NO3S2. The van der Waals surface area contributed by atoms with Crippen molar-refractivity contribution in [3.05, 3.63) is 57.6 Å². The van der Waals surface area contributed by atoms with Gasteiger partial charge in [-0.1, -0.05) is 44.2 Å². The second kappa shape index (κ2) is 10.4. The summed E-state index contributed by atoms with van der Waals surface area (Å²) in [5.41, 5.74) is -0.608. The van der Waals surface area contributed by atoms with Crippen molar-refractivity contribution in [2.75, 3.05) is 6.61 Å². The number of alkyl halides is 3. The van der Waals surface area contributed by atoms with Gasteiger partial charge in [0.25, 0.3) is 0 Å². The Balaban J connectivity index is 2.63. The van der Waals surface area contributed by atoms with Crippen LogP contribution in [0.2, 0.25) is 0 Å². The average Bonchev–Trinajstić information content (AvgIpc) is 2.66. The van der Waals surface area contributed by atoms with Crippen LogP contribution >= 0.6 is 27.7 Å². The van der Waals surface area contributed by atoms with Crippen LogP contribution < -0.4 is 0 Å². The van der Waals surface area contributed by atoms with Gasteiger partial charge in [0.2, 0.25) is 0 Å². The van der Waals surface area contributed by atoms with Gasteiger partial charge >= 0.3 is 12.1 Å². The minimum atomic E-state index is -4.66. The van der Waals surface area contributed by atoms with Gasteiger partial charge in [0.15, 0.2) is 0 Å². The van der Waals surface area contributed by atoms with E-state index in [1.807, 2.05) is 0 Å². The number of halogens is 4. The third-order valence-corrected chi connectivity index (χ3v) is 6.83. The van der Waals surface area contributed by atoms with E-state index < -0.39 is 33.8 Å². The van der Waals surface area contributed by atoms with Gasteiger partial charge in [-0.25, -0.2) is 4.79 Å². The fourth-order valence-electron chi connectivity index (χ4n) is 2.34. The maximum absolute atomic E-state index is 13.8. The van der Waals surface area contributed by atoms with E-state index >= 15 is 0 Å². The van der Waals surface area contributed by atoms with Gasteiger partial charge in [0.05, 0.1) is 23.9 Å². The van der Waals surface area contributed by atoms with Crippen molar-refractivity contribution in [2.45, 2.75) is 48.4 Å². The Labute approximate surface area is 195 Å². The molecule has 0 aliphatic rings. The number of carbonyl (C=O) groups is 1. The van der Waals surface area contributed by atoms with Gasteiger partial charge in [-0.05, 0) is 52.0 Å². The molecule has 1 atom stereocenters. The number of rotatable bonds is 6. The molecule has 0 saturated carbocycles. The smallest absolute Gasteiger partial charge is 0.417 e. The lowest BCUT2D eigenvalue weighted by Gasteiger charge is -2.19. The zero-order valence-corrected chi connectivity index (χ0v) is 20.5. The van der Waals surface area contributed by atoms with Crippen LogP contribution in [0.25, 0.3) is 0 Å². The van der Waals surface area contributed by atoms with Crippen LogP contribution in [0, 0.1) is 0 Å². The van der Waals surface area contributed by atoms with E-state index in [2.05, 4.69) is 20.3 Å². The van der Waals surface area contributed by atoms with E-state index in [1.165, 1.54) is 18.3 Å². The molecule has 10 heteroatoms. The largest absolute Gasteiger partial charge is 0.591 e. The van der Waals surface area contributed by atoms with Crippen molar-refractivity contribution in [1.82, 2.24) is 0 Å². The van der Waals surface area contributed by atoms with Crippen molar-refractivity contribution in [3.63, 3.8) is 0 Å². The van der Waals surface area contributed by atoms with Gasteiger partial charge in [-0.3, -0.25) is 0 Å². The predicted molar refractivity (Wildman–Crippen MR) is 121 cm³/mol. The molecule has 0 radical (unpaired) electrons. The Bertz CT molecular complexity index is 975. The number of carbonyl (C=O) groups excluding carboxylic acids is 1. The Morgan fingerprint density at radius 1 is 1.26 bits per heavy atom. The van der Waals surface area contributed by atoms with Crippen molar-refractivity contribution in [2.24, 2.45) is 4.40 Å². The van der Waals surface area contributed by atoms with E-state index in [0.29, 0.717) is 4.90 Å². The molecule has 2 aromatic rings. The number of ether oxygens (including phenoxy) is 1. The number of nitrogens with zero attached hydrogens (tertiary/aromatic N) is 1. The van der Waals surface area contributed by atoms with E-state index in [4.69, 9.17) is 4.74 Å². The minimum Gasteiger partial charge on any atom is -0.591 e. The maximum atomic E-state index is 13.8. The van der Waals surface area contributed by atoms with Crippen molar-refractivity contribution < 1.29 is 27.3 Å². The lowest BCUT2D eigenvalue weighted by molar-refractivity contribution is -0.139. The third kappa shape index (κ3) is 7.00. The van der Waals surface area contributed by atoms with E-state index in [0.717, 1.165) is 17.8 Å². The lowest BCUT2D eigenvalue weighted by atomic mass is 10.1. The van der Waals surface area contributed by atoms with Crippen LogP contribution in [0.5, 0.6) is 0 Å². The van der Waals surface area contributed by atoms with Crippen LogP contribution in [0.1, 0.15) is 49.2 Å². The SMILES string of the molecule is CCOC(=O)c1ccccc1Sc1c(/C=N\[S+]([O-])C(C)(C)C)cc(Br)cc1C(F)(F)F. The Morgan fingerprint density at radius 2 is 1.90 bits per heavy atom. The van der Waals surface area contributed by atoms with Crippen LogP contribution in [-0.2, 0) is 22.3 Å². The average molecular weight is 536 g/mol. The quantitative estimate of drug-likeness (QED) is 0.235. The second-order valence-corrected chi connectivity index (χ2v) is 11.2. The van der Waals surface area contributed by atoms with Crippen LogP contribution in [0.4, 0.5) is 13.2 Å². The number of hydrogen-bond donors (Lipinski definition) is 0. The molecule has 31 heavy (non-hydrogen) atoms. The highest BCUT2D eigenvalue weighted by Gasteiger charge is 2.36. The van der Waals surface area contributed by atoms with E-state index in [-0.39, 0.29) is 27.1 Å². The highest BCUT2D eigenvalue weighted by atomic mass is 79.9. The molecule has 0 fully saturated rings. The van der Waals surface area contributed by atoms with Gasteiger partial charge in [-0.2, -0.15) is 13.2 Å². The molecule has 0 aliphatic heterocycles. The number of hydrogen-bond acceptors (Lipinski definition) is 5. The summed E-state index contributed by atoms with van der Waals surface area (Å²) in [4.78, 5) is 12.4. The molecule has 0 aliphatic carbocycles. The first-order valence-corrected chi connectivity index (χ1v) is 11.9. The zero-order chi connectivity index (χ0) is 23.4.